The number of pyridine rings is 1. The predicted molar refractivity (Wildman–Crippen MR) is 68.4 cm³/mol. The van der Waals surface area contributed by atoms with E-state index >= 15 is 0 Å². The second-order valence-corrected chi connectivity index (χ2v) is 3.53. The molecule has 0 aliphatic heterocycles. The summed E-state index contributed by atoms with van der Waals surface area (Å²) in [5.74, 6) is 5.63. The number of hydrogen-bond acceptors (Lipinski definition) is 3. The number of nitrogens with zero attached hydrogens (tertiary/aromatic N) is 1. The Morgan fingerprint density at radius 3 is 2.72 bits per heavy atom. The van der Waals surface area contributed by atoms with Crippen molar-refractivity contribution < 1.29 is 9.53 Å². The van der Waals surface area contributed by atoms with Gasteiger partial charge in [0.2, 0.25) is 0 Å². The summed E-state index contributed by atoms with van der Waals surface area (Å²) in [5.41, 5.74) is 1.09. The van der Waals surface area contributed by atoms with Crippen LogP contribution in [0.15, 0.2) is 48.7 Å². The molecule has 0 fully saturated rings. The van der Waals surface area contributed by atoms with Crippen LogP contribution in [0.5, 0.6) is 5.75 Å². The highest BCUT2D eigenvalue weighted by Crippen LogP contribution is 2.10. The topological polar surface area (TPSA) is 39.2 Å². The van der Waals surface area contributed by atoms with Gasteiger partial charge in [0.15, 0.2) is 0 Å². The van der Waals surface area contributed by atoms with Crippen molar-refractivity contribution in [2.45, 2.75) is 0 Å². The zero-order valence-corrected chi connectivity index (χ0v) is 9.88. The molecule has 0 aliphatic carbocycles. The molecular weight excluding hydrogens is 226 g/mol. The molecule has 0 radical (unpaired) electrons. The molecule has 18 heavy (non-hydrogen) atoms. The SMILES string of the molecule is COc1ccnc(C(=O)C#Cc2ccccc2)c1. The molecule has 0 saturated heterocycles. The van der Waals surface area contributed by atoms with Crippen LogP contribution in [0.1, 0.15) is 16.1 Å². The molecule has 3 heteroatoms. The standard InChI is InChI=1S/C15H11NO2/c1-18-13-9-10-16-14(11-13)15(17)8-7-12-5-3-2-4-6-12/h2-6,9-11H,1H3. The van der Waals surface area contributed by atoms with Crippen LogP contribution in [0.4, 0.5) is 0 Å². The van der Waals surface area contributed by atoms with Crippen LogP contribution in [-0.2, 0) is 0 Å². The minimum absolute atomic E-state index is 0.290. The average molecular weight is 237 g/mol. The third-order valence-corrected chi connectivity index (χ3v) is 2.29. The molecule has 0 amide bonds. The number of carbonyl (C=O) groups is 1. The lowest BCUT2D eigenvalue weighted by atomic mass is 10.2. The van der Waals surface area contributed by atoms with Gasteiger partial charge in [-0.2, -0.15) is 0 Å². The molecule has 0 bridgehead atoms. The van der Waals surface area contributed by atoms with E-state index in [0.717, 1.165) is 5.56 Å². The Kier molecular flexibility index (Phi) is 3.72. The van der Waals surface area contributed by atoms with Crippen molar-refractivity contribution in [1.82, 2.24) is 4.98 Å². The number of Topliss-reactive ketones (excluding diaryl/α,β-unsaturated/α-hetero) is 1. The highest BCUT2D eigenvalue weighted by molar-refractivity contribution is 6.08. The first-order valence-electron chi connectivity index (χ1n) is 5.41. The van der Waals surface area contributed by atoms with Gasteiger partial charge in [0.05, 0.1) is 7.11 Å². The summed E-state index contributed by atoms with van der Waals surface area (Å²) in [7, 11) is 1.54. The Balaban J connectivity index is 2.20. The van der Waals surface area contributed by atoms with E-state index in [1.165, 1.54) is 6.20 Å². The number of aromatic nitrogens is 1. The summed E-state index contributed by atoms with van der Waals surface area (Å²) in [6.45, 7) is 0. The van der Waals surface area contributed by atoms with Gasteiger partial charge in [0, 0.05) is 17.8 Å². The molecule has 0 saturated carbocycles. The third kappa shape index (κ3) is 2.96. The molecule has 0 aliphatic rings. The summed E-state index contributed by atoms with van der Waals surface area (Å²) in [6, 6.07) is 12.6. The number of rotatable bonds is 2. The van der Waals surface area contributed by atoms with E-state index in [2.05, 4.69) is 16.8 Å². The highest BCUT2D eigenvalue weighted by Gasteiger charge is 2.04. The van der Waals surface area contributed by atoms with E-state index in [0.29, 0.717) is 5.75 Å². The first-order valence-corrected chi connectivity index (χ1v) is 5.41. The molecular formula is C15H11NO2. The number of ketones is 1. The predicted octanol–water partition coefficient (Wildman–Crippen LogP) is 2.32. The van der Waals surface area contributed by atoms with Crippen LogP contribution in [0.2, 0.25) is 0 Å². The van der Waals surface area contributed by atoms with Crippen molar-refractivity contribution in [1.29, 1.82) is 0 Å². The summed E-state index contributed by atoms with van der Waals surface area (Å²) in [6.07, 6.45) is 1.52. The number of ether oxygens (including phenoxy) is 1. The summed E-state index contributed by atoms with van der Waals surface area (Å²) in [5, 5.41) is 0. The Morgan fingerprint density at radius 1 is 1.22 bits per heavy atom. The van der Waals surface area contributed by atoms with Gasteiger partial charge in [-0.15, -0.1) is 0 Å². The minimum Gasteiger partial charge on any atom is -0.497 e. The Morgan fingerprint density at radius 2 is 2.00 bits per heavy atom. The Labute approximate surface area is 105 Å². The van der Waals surface area contributed by atoms with Gasteiger partial charge in [0.1, 0.15) is 11.4 Å². The molecule has 0 N–H and O–H groups in total. The second-order valence-electron chi connectivity index (χ2n) is 3.53. The lowest BCUT2D eigenvalue weighted by Gasteiger charge is -1.98. The zero-order valence-electron chi connectivity index (χ0n) is 9.88. The molecule has 0 unspecified atom stereocenters. The maximum atomic E-state index is 11.8. The van der Waals surface area contributed by atoms with Crippen molar-refractivity contribution >= 4 is 5.78 Å². The van der Waals surface area contributed by atoms with Crippen LogP contribution >= 0.6 is 0 Å². The normalized spacial score (nSPS) is 9.17. The fraction of sp³-hybridized carbons (Fsp3) is 0.0667. The van der Waals surface area contributed by atoms with Crippen molar-refractivity contribution in [3.8, 4) is 17.6 Å². The van der Waals surface area contributed by atoms with Gasteiger partial charge in [-0.25, -0.2) is 0 Å². The zero-order chi connectivity index (χ0) is 12.8. The smallest absolute Gasteiger partial charge is 0.254 e. The largest absolute Gasteiger partial charge is 0.497 e. The van der Waals surface area contributed by atoms with Crippen molar-refractivity contribution in [2.75, 3.05) is 7.11 Å². The lowest BCUT2D eigenvalue weighted by Crippen LogP contribution is -1.99. The van der Waals surface area contributed by atoms with Crippen molar-refractivity contribution in [2.24, 2.45) is 0 Å². The molecule has 2 aromatic rings. The van der Waals surface area contributed by atoms with Crippen LogP contribution in [0.25, 0.3) is 0 Å². The van der Waals surface area contributed by atoms with E-state index in [1.54, 1.807) is 19.2 Å². The van der Waals surface area contributed by atoms with Crippen LogP contribution in [0.3, 0.4) is 0 Å². The van der Waals surface area contributed by atoms with Crippen molar-refractivity contribution in [3.05, 3.63) is 59.9 Å². The first-order chi connectivity index (χ1) is 8.79. The third-order valence-electron chi connectivity index (χ3n) is 2.29. The molecule has 1 aromatic heterocycles. The maximum Gasteiger partial charge on any atom is 0.254 e. The minimum atomic E-state index is -0.322. The highest BCUT2D eigenvalue weighted by atomic mass is 16.5. The number of carbonyl (C=O) groups excluding carboxylic acids is 1. The van der Waals surface area contributed by atoms with E-state index in [1.807, 2.05) is 30.3 Å². The summed E-state index contributed by atoms with van der Waals surface area (Å²) in [4.78, 5) is 15.8. The molecule has 88 valence electrons. The van der Waals surface area contributed by atoms with E-state index in [9.17, 15) is 4.79 Å². The Bertz CT molecular complexity index is 609. The van der Waals surface area contributed by atoms with Gasteiger partial charge >= 0.3 is 0 Å². The molecule has 3 nitrogen and oxygen atoms in total. The van der Waals surface area contributed by atoms with Crippen LogP contribution in [-0.4, -0.2) is 17.9 Å². The number of benzene rings is 1. The fourth-order valence-electron chi connectivity index (χ4n) is 1.38. The Hall–Kier alpha value is -2.60. The van der Waals surface area contributed by atoms with E-state index < -0.39 is 0 Å². The van der Waals surface area contributed by atoms with Gasteiger partial charge in [-0.3, -0.25) is 9.78 Å². The monoisotopic (exact) mass is 237 g/mol. The lowest BCUT2D eigenvalue weighted by molar-refractivity contribution is 0.105. The molecule has 1 aromatic carbocycles. The average Bonchev–Trinajstić information content (AvgIpc) is 2.46. The van der Waals surface area contributed by atoms with Crippen molar-refractivity contribution in [3.63, 3.8) is 0 Å². The molecule has 0 atom stereocenters. The van der Waals surface area contributed by atoms with Gasteiger partial charge in [-0.1, -0.05) is 24.1 Å². The second kappa shape index (κ2) is 5.65. The van der Waals surface area contributed by atoms with Crippen LogP contribution < -0.4 is 4.74 Å². The van der Waals surface area contributed by atoms with E-state index in [-0.39, 0.29) is 11.5 Å². The van der Waals surface area contributed by atoms with Gasteiger partial charge in [0.25, 0.3) is 5.78 Å². The molecule has 0 spiro atoms. The van der Waals surface area contributed by atoms with Crippen LogP contribution in [0, 0.1) is 11.8 Å². The van der Waals surface area contributed by atoms with Gasteiger partial charge in [-0.05, 0) is 24.1 Å². The fourth-order valence-corrected chi connectivity index (χ4v) is 1.38. The quantitative estimate of drug-likeness (QED) is 0.594. The van der Waals surface area contributed by atoms with Gasteiger partial charge < -0.3 is 4.74 Å². The first kappa shape index (κ1) is 11.9. The number of methoxy groups -OCH3 is 1. The maximum absolute atomic E-state index is 11.8. The molecule has 1 heterocycles. The van der Waals surface area contributed by atoms with E-state index in [4.69, 9.17) is 4.74 Å². The summed E-state index contributed by atoms with van der Waals surface area (Å²) < 4.78 is 5.03. The number of hydrogen-bond donors (Lipinski definition) is 0. The molecule has 2 rings (SSSR count). The summed E-state index contributed by atoms with van der Waals surface area (Å²) >= 11 is 0.